The molecule has 0 amide bonds. The normalized spacial score (nSPS) is 17.1. The third kappa shape index (κ3) is 4.93. The summed E-state index contributed by atoms with van der Waals surface area (Å²) in [5.74, 6) is 0. The SMILES string of the molecule is CNS(=O)(=O)c1ccc(Sc2nnc(NCC3CCCO3)s2)c([N+](=O)[O-])c1. The van der Waals surface area contributed by atoms with Gasteiger partial charge in [-0.1, -0.05) is 11.3 Å². The molecule has 1 aliphatic rings. The Hall–Kier alpha value is -1.80. The first-order chi connectivity index (χ1) is 12.9. The lowest BCUT2D eigenvalue weighted by atomic mass is 10.2. The van der Waals surface area contributed by atoms with Gasteiger partial charge in [0.15, 0.2) is 4.34 Å². The standard InChI is InChI=1S/C14H17N5O5S3/c1-15-27(22,23)10-4-5-12(11(7-10)19(20)21)25-14-18-17-13(26-14)16-8-9-3-2-6-24-9/h4-5,7,9,15H,2-3,6,8H2,1H3,(H,16,17). The Morgan fingerprint density at radius 1 is 1.44 bits per heavy atom. The van der Waals surface area contributed by atoms with E-state index < -0.39 is 14.9 Å². The zero-order chi connectivity index (χ0) is 19.4. The van der Waals surface area contributed by atoms with Crippen LogP contribution in [-0.4, -0.2) is 49.8 Å². The van der Waals surface area contributed by atoms with Crippen molar-refractivity contribution in [2.75, 3.05) is 25.5 Å². The van der Waals surface area contributed by atoms with Crippen LogP contribution in [0, 0.1) is 10.1 Å². The first-order valence-electron chi connectivity index (χ1n) is 7.98. The minimum atomic E-state index is -3.77. The number of ether oxygens (including phenoxy) is 1. The first kappa shape index (κ1) is 19.9. The average molecular weight is 432 g/mol. The number of nitro benzene ring substituents is 1. The molecule has 1 unspecified atom stereocenters. The predicted molar refractivity (Wildman–Crippen MR) is 101 cm³/mol. The predicted octanol–water partition coefficient (Wildman–Crippen LogP) is 2.10. The maximum Gasteiger partial charge on any atom is 0.284 e. The summed E-state index contributed by atoms with van der Waals surface area (Å²) in [6.07, 6.45) is 2.21. The van der Waals surface area contributed by atoms with Gasteiger partial charge in [0.05, 0.1) is 20.8 Å². The Balaban J connectivity index is 1.74. The summed E-state index contributed by atoms with van der Waals surface area (Å²) in [5.41, 5.74) is -0.305. The summed E-state index contributed by atoms with van der Waals surface area (Å²) >= 11 is 2.33. The van der Waals surface area contributed by atoms with E-state index in [2.05, 4.69) is 20.2 Å². The van der Waals surface area contributed by atoms with Crippen LogP contribution in [-0.2, 0) is 14.8 Å². The van der Waals surface area contributed by atoms with Crippen LogP contribution in [0.2, 0.25) is 0 Å². The van der Waals surface area contributed by atoms with Crippen molar-refractivity contribution < 1.29 is 18.1 Å². The van der Waals surface area contributed by atoms with Crippen molar-refractivity contribution in [1.29, 1.82) is 0 Å². The largest absolute Gasteiger partial charge is 0.376 e. The molecule has 27 heavy (non-hydrogen) atoms. The van der Waals surface area contributed by atoms with Gasteiger partial charge in [0.2, 0.25) is 15.2 Å². The lowest BCUT2D eigenvalue weighted by Crippen LogP contribution is -2.18. The molecule has 1 atom stereocenters. The molecule has 0 radical (unpaired) electrons. The van der Waals surface area contributed by atoms with Crippen LogP contribution in [0.25, 0.3) is 0 Å². The van der Waals surface area contributed by atoms with Gasteiger partial charge in [-0.05, 0) is 43.8 Å². The van der Waals surface area contributed by atoms with E-state index in [1.54, 1.807) is 0 Å². The zero-order valence-electron chi connectivity index (χ0n) is 14.2. The van der Waals surface area contributed by atoms with E-state index >= 15 is 0 Å². The van der Waals surface area contributed by atoms with Crippen molar-refractivity contribution in [3.63, 3.8) is 0 Å². The van der Waals surface area contributed by atoms with Crippen molar-refractivity contribution >= 4 is 43.9 Å². The third-order valence-electron chi connectivity index (χ3n) is 3.81. The van der Waals surface area contributed by atoms with Crippen LogP contribution in [0.15, 0.2) is 32.3 Å². The van der Waals surface area contributed by atoms with Crippen LogP contribution in [0.4, 0.5) is 10.8 Å². The fraction of sp³-hybridized carbons (Fsp3) is 0.429. The molecule has 2 N–H and O–H groups in total. The van der Waals surface area contributed by atoms with Gasteiger partial charge in [0, 0.05) is 19.2 Å². The van der Waals surface area contributed by atoms with Crippen molar-refractivity contribution in [3.8, 4) is 0 Å². The molecule has 2 heterocycles. The number of hydrogen-bond donors (Lipinski definition) is 2. The van der Waals surface area contributed by atoms with Gasteiger partial charge in [-0.3, -0.25) is 10.1 Å². The first-order valence-corrected chi connectivity index (χ1v) is 11.1. The molecule has 1 aromatic heterocycles. The van der Waals surface area contributed by atoms with Crippen LogP contribution >= 0.6 is 23.1 Å². The van der Waals surface area contributed by atoms with Crippen molar-refractivity contribution in [1.82, 2.24) is 14.9 Å². The summed E-state index contributed by atoms with van der Waals surface area (Å²) in [6, 6.07) is 3.75. The molecule has 0 bridgehead atoms. The maximum absolute atomic E-state index is 11.9. The number of nitrogens with one attached hydrogen (secondary N) is 2. The maximum atomic E-state index is 11.9. The number of sulfonamides is 1. The lowest BCUT2D eigenvalue weighted by Gasteiger charge is -2.08. The molecule has 146 valence electrons. The van der Waals surface area contributed by atoms with Gasteiger partial charge in [-0.25, -0.2) is 13.1 Å². The molecule has 13 heteroatoms. The average Bonchev–Trinajstić information content (AvgIpc) is 3.31. The Bertz CT molecular complexity index is 927. The fourth-order valence-electron chi connectivity index (χ4n) is 2.43. The van der Waals surface area contributed by atoms with E-state index in [9.17, 15) is 18.5 Å². The Kier molecular flexibility index (Phi) is 6.26. The fourth-order valence-corrected chi connectivity index (χ4v) is 4.98. The number of rotatable bonds is 8. The van der Waals surface area contributed by atoms with Gasteiger partial charge in [-0.2, -0.15) is 0 Å². The van der Waals surface area contributed by atoms with Crippen LogP contribution in [0.1, 0.15) is 12.8 Å². The molecule has 10 nitrogen and oxygen atoms in total. The van der Waals surface area contributed by atoms with E-state index in [0.717, 1.165) is 37.3 Å². The molecule has 2 aromatic rings. The Morgan fingerprint density at radius 2 is 2.26 bits per heavy atom. The minimum absolute atomic E-state index is 0.160. The molecule has 0 spiro atoms. The highest BCUT2D eigenvalue weighted by Crippen LogP contribution is 2.38. The molecule has 0 saturated carbocycles. The van der Waals surface area contributed by atoms with Crippen LogP contribution in [0.5, 0.6) is 0 Å². The molecule has 0 aliphatic carbocycles. The van der Waals surface area contributed by atoms with Crippen molar-refractivity contribution in [2.24, 2.45) is 0 Å². The van der Waals surface area contributed by atoms with E-state index in [1.165, 1.54) is 30.5 Å². The quantitative estimate of drug-likeness (QED) is 0.475. The Labute approximate surface area is 163 Å². The second-order valence-corrected chi connectivity index (χ2v) is 9.74. The monoisotopic (exact) mass is 431 g/mol. The van der Waals surface area contributed by atoms with Crippen molar-refractivity contribution in [2.45, 2.75) is 33.1 Å². The van der Waals surface area contributed by atoms with Gasteiger partial charge in [0.1, 0.15) is 0 Å². The zero-order valence-corrected chi connectivity index (χ0v) is 16.7. The number of hydrogen-bond acceptors (Lipinski definition) is 10. The summed E-state index contributed by atoms with van der Waals surface area (Å²) < 4.78 is 31.9. The molecular weight excluding hydrogens is 414 g/mol. The third-order valence-corrected chi connectivity index (χ3v) is 7.22. The molecule has 1 saturated heterocycles. The van der Waals surface area contributed by atoms with E-state index in [4.69, 9.17) is 4.74 Å². The summed E-state index contributed by atoms with van der Waals surface area (Å²) in [7, 11) is -2.52. The number of aromatic nitrogens is 2. The molecular formula is C14H17N5O5S3. The molecule has 1 aliphatic heterocycles. The van der Waals surface area contributed by atoms with Gasteiger partial charge in [0.25, 0.3) is 5.69 Å². The second-order valence-electron chi connectivity index (χ2n) is 5.59. The van der Waals surface area contributed by atoms with E-state index in [0.29, 0.717) is 16.0 Å². The number of benzene rings is 1. The molecule has 1 fully saturated rings. The van der Waals surface area contributed by atoms with Gasteiger partial charge >= 0.3 is 0 Å². The van der Waals surface area contributed by atoms with E-state index in [-0.39, 0.29) is 21.6 Å². The van der Waals surface area contributed by atoms with Gasteiger partial charge < -0.3 is 10.1 Å². The summed E-state index contributed by atoms with van der Waals surface area (Å²) in [5, 5.41) is 23.1. The highest BCUT2D eigenvalue weighted by atomic mass is 32.2. The van der Waals surface area contributed by atoms with Gasteiger partial charge in [-0.15, -0.1) is 10.2 Å². The number of nitro groups is 1. The molecule has 3 rings (SSSR count). The smallest absolute Gasteiger partial charge is 0.284 e. The lowest BCUT2D eigenvalue weighted by molar-refractivity contribution is -0.388. The highest BCUT2D eigenvalue weighted by molar-refractivity contribution is 8.01. The Morgan fingerprint density at radius 3 is 2.93 bits per heavy atom. The number of anilines is 1. The summed E-state index contributed by atoms with van der Waals surface area (Å²) in [6.45, 7) is 1.41. The van der Waals surface area contributed by atoms with E-state index in [1.807, 2.05) is 0 Å². The molecule has 1 aromatic carbocycles. The second kappa shape index (κ2) is 8.48. The highest BCUT2D eigenvalue weighted by Gasteiger charge is 2.22. The van der Waals surface area contributed by atoms with Crippen LogP contribution < -0.4 is 10.0 Å². The number of nitrogens with zero attached hydrogens (tertiary/aromatic N) is 3. The van der Waals surface area contributed by atoms with Crippen LogP contribution in [0.3, 0.4) is 0 Å². The summed E-state index contributed by atoms with van der Waals surface area (Å²) in [4.78, 5) is 10.9. The minimum Gasteiger partial charge on any atom is -0.376 e. The van der Waals surface area contributed by atoms with Crippen molar-refractivity contribution in [3.05, 3.63) is 28.3 Å². The topological polar surface area (TPSA) is 136 Å².